The number of hydrogen-bond donors (Lipinski definition) is 1. The molecule has 0 bridgehead atoms. The Kier molecular flexibility index (Phi) is 6.41. The van der Waals surface area contributed by atoms with Crippen molar-refractivity contribution in [2.75, 3.05) is 39.3 Å². The van der Waals surface area contributed by atoms with Crippen LogP contribution in [0.15, 0.2) is 47.4 Å². The Labute approximate surface area is 179 Å². The van der Waals surface area contributed by atoms with E-state index in [9.17, 15) is 13.2 Å². The van der Waals surface area contributed by atoms with Crippen molar-refractivity contribution < 1.29 is 18.1 Å². The van der Waals surface area contributed by atoms with Crippen molar-refractivity contribution in [2.24, 2.45) is 0 Å². The number of nitrogens with one attached hydrogen (secondary N) is 1. The smallest absolute Gasteiger partial charge is 0.280 e. The van der Waals surface area contributed by atoms with Crippen LogP contribution in [0.25, 0.3) is 10.8 Å². The number of rotatable bonds is 4. The average Bonchev–Trinajstić information content (AvgIpc) is 3.07. The Morgan fingerprint density at radius 3 is 2.20 bits per heavy atom. The van der Waals surface area contributed by atoms with Crippen molar-refractivity contribution in [1.29, 1.82) is 0 Å². The zero-order valence-corrected chi connectivity index (χ0v) is 18.5. The van der Waals surface area contributed by atoms with Gasteiger partial charge in [-0.2, -0.15) is 4.31 Å². The second-order valence-electron chi connectivity index (χ2n) is 8.53. The number of carbonyl (C=O) groups excluding carboxylic acids is 1. The fourth-order valence-corrected chi connectivity index (χ4v) is 6.14. The van der Waals surface area contributed by atoms with E-state index >= 15 is 0 Å². The quantitative estimate of drug-likeness (QED) is 0.800. The molecule has 2 heterocycles. The minimum absolute atomic E-state index is 0.117. The molecular formula is C23H32N3O3S+. The first-order valence-corrected chi connectivity index (χ1v) is 12.5. The van der Waals surface area contributed by atoms with E-state index in [0.717, 1.165) is 36.7 Å². The van der Waals surface area contributed by atoms with E-state index in [-0.39, 0.29) is 11.9 Å². The van der Waals surface area contributed by atoms with Gasteiger partial charge in [0, 0.05) is 13.1 Å². The van der Waals surface area contributed by atoms with Gasteiger partial charge >= 0.3 is 0 Å². The van der Waals surface area contributed by atoms with E-state index in [1.165, 1.54) is 17.7 Å². The highest BCUT2D eigenvalue weighted by molar-refractivity contribution is 7.89. The predicted octanol–water partition coefficient (Wildman–Crippen LogP) is 1.52. The van der Waals surface area contributed by atoms with Gasteiger partial charge in [-0.15, -0.1) is 0 Å². The number of sulfonamides is 1. The summed E-state index contributed by atoms with van der Waals surface area (Å²) in [5.41, 5.74) is 0. The zero-order chi connectivity index (χ0) is 21.1. The summed E-state index contributed by atoms with van der Waals surface area (Å²) in [5.74, 6) is 0.220. The number of piperazine rings is 1. The van der Waals surface area contributed by atoms with Crippen LogP contribution in [-0.2, 0) is 14.8 Å². The molecule has 1 atom stereocenters. The van der Waals surface area contributed by atoms with E-state index < -0.39 is 10.0 Å². The largest absolute Gasteiger partial charge is 0.338 e. The molecule has 1 amide bonds. The Balaban J connectivity index is 1.41. The van der Waals surface area contributed by atoms with Crippen molar-refractivity contribution >= 4 is 26.7 Å². The lowest BCUT2D eigenvalue weighted by atomic mass is 10.1. The first-order chi connectivity index (χ1) is 14.5. The van der Waals surface area contributed by atoms with Crippen LogP contribution < -0.4 is 4.90 Å². The van der Waals surface area contributed by atoms with Gasteiger partial charge < -0.3 is 9.80 Å². The first kappa shape index (κ1) is 21.3. The van der Waals surface area contributed by atoms with Crippen molar-refractivity contribution in [2.45, 2.75) is 43.5 Å². The van der Waals surface area contributed by atoms with E-state index in [1.807, 2.05) is 42.2 Å². The SMILES string of the molecule is C[C@@H](C(=O)N1CCCCCC1)[NH+]1CCN(S(=O)(=O)c2ccc3ccccc3c2)CC1. The average molecular weight is 431 g/mol. The Morgan fingerprint density at radius 1 is 0.900 bits per heavy atom. The maximum atomic E-state index is 13.2. The summed E-state index contributed by atoms with van der Waals surface area (Å²) < 4.78 is 27.9. The molecule has 2 aliphatic rings. The topological polar surface area (TPSA) is 62.1 Å². The number of amides is 1. The molecule has 2 aliphatic heterocycles. The lowest BCUT2D eigenvalue weighted by molar-refractivity contribution is -0.918. The Morgan fingerprint density at radius 2 is 1.53 bits per heavy atom. The van der Waals surface area contributed by atoms with Crippen molar-refractivity contribution in [3.63, 3.8) is 0 Å². The third-order valence-corrected chi connectivity index (χ3v) is 8.52. The molecule has 6 nitrogen and oxygen atoms in total. The van der Waals surface area contributed by atoms with Crippen molar-refractivity contribution in [3.8, 4) is 0 Å². The fourth-order valence-electron chi connectivity index (χ4n) is 4.66. The third kappa shape index (κ3) is 4.38. The standard InChI is InChI=1S/C23H31N3O3S/c1-19(23(27)25-12-6-2-3-7-13-25)24-14-16-26(17-15-24)30(28,29)22-11-10-20-8-4-5-9-21(20)18-22/h4-5,8-11,18-19H,2-3,6-7,12-17H2,1H3/p+1/t19-/m0/s1. The lowest BCUT2D eigenvalue weighted by Gasteiger charge is -2.35. The fraction of sp³-hybridized carbons (Fsp3) is 0.522. The number of quaternary nitrogens is 1. The second kappa shape index (κ2) is 9.04. The summed E-state index contributed by atoms with van der Waals surface area (Å²) in [6.45, 7) is 5.93. The molecule has 0 aliphatic carbocycles. The summed E-state index contributed by atoms with van der Waals surface area (Å²) in [4.78, 5) is 16.5. The summed E-state index contributed by atoms with van der Waals surface area (Å²) in [6.07, 6.45) is 4.59. The van der Waals surface area contributed by atoms with Crippen LogP contribution in [0.1, 0.15) is 32.6 Å². The van der Waals surface area contributed by atoms with Crippen molar-refractivity contribution in [3.05, 3.63) is 42.5 Å². The van der Waals surface area contributed by atoms with Crippen molar-refractivity contribution in [1.82, 2.24) is 9.21 Å². The van der Waals surface area contributed by atoms with E-state index in [1.54, 1.807) is 16.4 Å². The lowest BCUT2D eigenvalue weighted by Crippen LogP contribution is -3.19. The molecule has 7 heteroatoms. The molecule has 0 saturated carbocycles. The second-order valence-corrected chi connectivity index (χ2v) is 10.5. The molecule has 0 unspecified atom stereocenters. The molecule has 2 fully saturated rings. The normalized spacial score (nSPS) is 20.8. The number of likely N-dealkylation sites (tertiary alicyclic amines) is 1. The van der Waals surface area contributed by atoms with Gasteiger partial charge in [-0.05, 0) is 42.7 Å². The first-order valence-electron chi connectivity index (χ1n) is 11.1. The van der Waals surface area contributed by atoms with Crippen LogP contribution in [-0.4, -0.2) is 68.8 Å². The van der Waals surface area contributed by atoms with Crippen LogP contribution >= 0.6 is 0 Å². The number of fused-ring (bicyclic) bond motifs is 1. The molecule has 2 aromatic carbocycles. The Hall–Kier alpha value is -1.96. The minimum atomic E-state index is -3.52. The molecule has 162 valence electrons. The Bertz CT molecular complexity index is 992. The number of benzene rings is 2. The number of nitrogens with zero attached hydrogens (tertiary/aromatic N) is 2. The van der Waals surface area contributed by atoms with Gasteiger partial charge in [-0.3, -0.25) is 4.79 Å². The molecule has 4 rings (SSSR count). The molecular weight excluding hydrogens is 398 g/mol. The van der Waals surface area contributed by atoms with Gasteiger partial charge in [0.2, 0.25) is 10.0 Å². The monoisotopic (exact) mass is 430 g/mol. The van der Waals surface area contributed by atoms with Gasteiger partial charge in [0.05, 0.1) is 31.1 Å². The third-order valence-electron chi connectivity index (χ3n) is 6.62. The predicted molar refractivity (Wildman–Crippen MR) is 118 cm³/mol. The molecule has 1 N–H and O–H groups in total. The summed E-state index contributed by atoms with van der Waals surface area (Å²) in [5, 5.41) is 1.96. The van der Waals surface area contributed by atoms with Crippen LogP contribution in [0, 0.1) is 0 Å². The summed E-state index contributed by atoms with van der Waals surface area (Å²) >= 11 is 0. The maximum Gasteiger partial charge on any atom is 0.280 e. The van der Waals surface area contributed by atoms with E-state index in [4.69, 9.17) is 0 Å². The van der Waals surface area contributed by atoms with E-state index in [0.29, 0.717) is 31.1 Å². The number of carbonyl (C=O) groups is 1. The van der Waals surface area contributed by atoms with Crippen LogP contribution in [0.5, 0.6) is 0 Å². The molecule has 30 heavy (non-hydrogen) atoms. The molecule has 2 saturated heterocycles. The maximum absolute atomic E-state index is 13.2. The number of hydrogen-bond acceptors (Lipinski definition) is 3. The van der Waals surface area contributed by atoms with Crippen LogP contribution in [0.2, 0.25) is 0 Å². The van der Waals surface area contributed by atoms with Gasteiger partial charge in [0.1, 0.15) is 0 Å². The van der Waals surface area contributed by atoms with E-state index in [2.05, 4.69) is 0 Å². The highest BCUT2D eigenvalue weighted by Gasteiger charge is 2.36. The van der Waals surface area contributed by atoms with Gasteiger partial charge in [-0.25, -0.2) is 8.42 Å². The van der Waals surface area contributed by atoms with Gasteiger partial charge in [0.25, 0.3) is 5.91 Å². The molecule has 0 spiro atoms. The van der Waals surface area contributed by atoms with Crippen LogP contribution in [0.4, 0.5) is 0 Å². The molecule has 0 aromatic heterocycles. The van der Waals surface area contributed by atoms with Crippen LogP contribution in [0.3, 0.4) is 0 Å². The zero-order valence-electron chi connectivity index (χ0n) is 17.7. The molecule has 2 aromatic rings. The highest BCUT2D eigenvalue weighted by atomic mass is 32.2. The van der Waals surface area contributed by atoms with Gasteiger partial charge in [-0.1, -0.05) is 43.2 Å². The molecule has 0 radical (unpaired) electrons. The summed E-state index contributed by atoms with van der Waals surface area (Å²) in [6, 6.07) is 13.0. The minimum Gasteiger partial charge on any atom is -0.338 e. The summed E-state index contributed by atoms with van der Waals surface area (Å²) in [7, 11) is -3.52. The van der Waals surface area contributed by atoms with Gasteiger partial charge in [0.15, 0.2) is 6.04 Å². The highest BCUT2D eigenvalue weighted by Crippen LogP contribution is 2.22.